The third kappa shape index (κ3) is 2.02. The van der Waals surface area contributed by atoms with Gasteiger partial charge in [0.2, 0.25) is 0 Å². The Bertz CT molecular complexity index is 306. The molecule has 1 saturated carbocycles. The van der Waals surface area contributed by atoms with Crippen molar-refractivity contribution in [3.05, 3.63) is 11.6 Å². The minimum Gasteiger partial charge on any atom is -0.466 e. The summed E-state index contributed by atoms with van der Waals surface area (Å²) in [5.74, 6) is 0.161. The fraction of sp³-hybridized carbons (Fsp3) is 0.786. The Labute approximate surface area is 98.1 Å². The molecule has 2 aliphatic rings. The molecule has 90 valence electrons. The van der Waals surface area contributed by atoms with Crippen LogP contribution in [0.2, 0.25) is 0 Å². The average molecular weight is 222 g/mol. The minimum atomic E-state index is 0.0333. The first kappa shape index (κ1) is 11.7. The van der Waals surface area contributed by atoms with E-state index >= 15 is 0 Å². The summed E-state index contributed by atoms with van der Waals surface area (Å²) in [6.07, 6.45) is 9.36. The molecular formula is C14H22O2. The number of hydrogen-bond acceptors (Lipinski definition) is 2. The van der Waals surface area contributed by atoms with Crippen molar-refractivity contribution in [3.63, 3.8) is 0 Å². The molecule has 0 aromatic heterocycles. The van der Waals surface area contributed by atoms with Crippen LogP contribution < -0.4 is 0 Å². The molecular weight excluding hydrogens is 200 g/mol. The molecule has 2 unspecified atom stereocenters. The number of esters is 1. The molecule has 2 rings (SSSR count). The van der Waals surface area contributed by atoms with Crippen LogP contribution in [-0.4, -0.2) is 12.6 Å². The molecule has 0 aromatic carbocycles. The van der Waals surface area contributed by atoms with Gasteiger partial charge in [0, 0.05) is 5.41 Å². The van der Waals surface area contributed by atoms with E-state index in [2.05, 4.69) is 13.0 Å². The number of carbonyl (C=O) groups excluding carboxylic acids is 1. The molecule has 2 atom stereocenters. The number of allylic oxidation sites excluding steroid dienone is 2. The van der Waals surface area contributed by atoms with Gasteiger partial charge < -0.3 is 4.74 Å². The lowest BCUT2D eigenvalue weighted by molar-refractivity contribution is -0.151. The van der Waals surface area contributed by atoms with E-state index in [1.807, 2.05) is 6.92 Å². The van der Waals surface area contributed by atoms with E-state index in [9.17, 15) is 4.79 Å². The quantitative estimate of drug-likeness (QED) is 0.528. The molecule has 0 saturated heterocycles. The van der Waals surface area contributed by atoms with E-state index in [-0.39, 0.29) is 17.3 Å². The number of ether oxygens (including phenoxy) is 1. The van der Waals surface area contributed by atoms with Crippen LogP contribution >= 0.6 is 0 Å². The van der Waals surface area contributed by atoms with E-state index in [0.29, 0.717) is 6.61 Å². The topological polar surface area (TPSA) is 26.3 Å². The van der Waals surface area contributed by atoms with Gasteiger partial charge in [0.1, 0.15) is 0 Å². The Morgan fingerprint density at radius 3 is 2.94 bits per heavy atom. The first-order valence-electron chi connectivity index (χ1n) is 6.53. The van der Waals surface area contributed by atoms with Crippen molar-refractivity contribution in [1.29, 1.82) is 0 Å². The smallest absolute Gasteiger partial charge is 0.309 e. The molecule has 1 fully saturated rings. The predicted molar refractivity (Wildman–Crippen MR) is 64.0 cm³/mol. The molecule has 0 bridgehead atoms. The van der Waals surface area contributed by atoms with Crippen molar-refractivity contribution in [3.8, 4) is 0 Å². The second kappa shape index (κ2) is 4.60. The zero-order valence-corrected chi connectivity index (χ0v) is 10.4. The van der Waals surface area contributed by atoms with E-state index in [4.69, 9.17) is 4.74 Å². The van der Waals surface area contributed by atoms with Gasteiger partial charge in [0.25, 0.3) is 0 Å². The van der Waals surface area contributed by atoms with Crippen LogP contribution in [0.3, 0.4) is 0 Å². The Balaban J connectivity index is 2.19. The first-order valence-corrected chi connectivity index (χ1v) is 6.53. The molecule has 0 aromatic rings. The van der Waals surface area contributed by atoms with Crippen LogP contribution in [0.25, 0.3) is 0 Å². The largest absolute Gasteiger partial charge is 0.466 e. The second-order valence-corrected chi connectivity index (χ2v) is 5.27. The molecule has 0 radical (unpaired) electrons. The van der Waals surface area contributed by atoms with Gasteiger partial charge in [-0.05, 0) is 46.0 Å². The summed E-state index contributed by atoms with van der Waals surface area (Å²) in [6.45, 7) is 4.59. The molecule has 2 heteroatoms. The predicted octanol–water partition coefficient (Wildman–Crippen LogP) is 3.47. The zero-order valence-electron chi connectivity index (χ0n) is 10.4. The molecule has 16 heavy (non-hydrogen) atoms. The Kier molecular flexibility index (Phi) is 3.36. The standard InChI is InChI=1S/C14H22O2/c1-3-16-13(15)12-7-5-9-14(12)8-4-6-11(2)10-14/h10,12H,3-9H2,1-2H3. The summed E-state index contributed by atoms with van der Waals surface area (Å²) in [5, 5.41) is 0. The van der Waals surface area contributed by atoms with Crippen molar-refractivity contribution in [2.24, 2.45) is 11.3 Å². The summed E-state index contributed by atoms with van der Waals surface area (Å²) < 4.78 is 5.22. The van der Waals surface area contributed by atoms with Crippen LogP contribution in [0.1, 0.15) is 52.4 Å². The van der Waals surface area contributed by atoms with Crippen molar-refractivity contribution in [1.82, 2.24) is 0 Å². The molecule has 0 amide bonds. The Morgan fingerprint density at radius 1 is 1.50 bits per heavy atom. The summed E-state index contributed by atoms with van der Waals surface area (Å²) >= 11 is 0. The van der Waals surface area contributed by atoms with E-state index in [1.165, 1.54) is 37.7 Å². The number of hydrogen-bond donors (Lipinski definition) is 0. The highest BCUT2D eigenvalue weighted by atomic mass is 16.5. The zero-order chi connectivity index (χ0) is 11.6. The highest BCUT2D eigenvalue weighted by molar-refractivity contribution is 5.74. The Morgan fingerprint density at radius 2 is 2.25 bits per heavy atom. The van der Waals surface area contributed by atoms with Crippen molar-refractivity contribution >= 4 is 5.97 Å². The van der Waals surface area contributed by atoms with E-state index in [0.717, 1.165) is 6.42 Å². The second-order valence-electron chi connectivity index (χ2n) is 5.27. The normalized spacial score (nSPS) is 33.9. The lowest BCUT2D eigenvalue weighted by Gasteiger charge is -2.35. The van der Waals surface area contributed by atoms with E-state index < -0.39 is 0 Å². The minimum absolute atomic E-state index is 0.0333. The lowest BCUT2D eigenvalue weighted by atomic mass is 9.70. The summed E-state index contributed by atoms with van der Waals surface area (Å²) in [4.78, 5) is 12.0. The fourth-order valence-corrected chi connectivity index (χ4v) is 3.50. The number of carbonyl (C=O) groups is 1. The van der Waals surface area contributed by atoms with Gasteiger partial charge >= 0.3 is 5.97 Å². The fourth-order valence-electron chi connectivity index (χ4n) is 3.50. The lowest BCUT2D eigenvalue weighted by Crippen LogP contribution is -2.32. The summed E-state index contributed by atoms with van der Waals surface area (Å²) in [5.41, 5.74) is 1.61. The maximum absolute atomic E-state index is 12.0. The third-order valence-corrected chi connectivity index (χ3v) is 4.15. The monoisotopic (exact) mass is 222 g/mol. The maximum atomic E-state index is 12.0. The molecule has 0 aliphatic heterocycles. The Hall–Kier alpha value is -0.790. The van der Waals surface area contributed by atoms with Crippen LogP contribution in [0, 0.1) is 11.3 Å². The molecule has 2 nitrogen and oxygen atoms in total. The van der Waals surface area contributed by atoms with Crippen LogP contribution in [0.4, 0.5) is 0 Å². The van der Waals surface area contributed by atoms with Gasteiger partial charge in [0.15, 0.2) is 0 Å². The number of rotatable bonds is 2. The van der Waals surface area contributed by atoms with Gasteiger partial charge in [-0.15, -0.1) is 0 Å². The van der Waals surface area contributed by atoms with Gasteiger partial charge in [0.05, 0.1) is 12.5 Å². The molecule has 0 heterocycles. The molecule has 2 aliphatic carbocycles. The SMILES string of the molecule is CCOC(=O)C1CCCC12C=C(C)CCC2. The van der Waals surface area contributed by atoms with Crippen LogP contribution in [0.5, 0.6) is 0 Å². The maximum Gasteiger partial charge on any atom is 0.309 e. The van der Waals surface area contributed by atoms with Crippen LogP contribution in [0.15, 0.2) is 11.6 Å². The van der Waals surface area contributed by atoms with Gasteiger partial charge in [-0.1, -0.05) is 18.1 Å². The van der Waals surface area contributed by atoms with Crippen molar-refractivity contribution in [2.75, 3.05) is 6.61 Å². The molecule has 0 N–H and O–H groups in total. The third-order valence-electron chi connectivity index (χ3n) is 4.15. The first-order chi connectivity index (χ1) is 7.68. The van der Waals surface area contributed by atoms with Gasteiger partial charge in [-0.25, -0.2) is 0 Å². The summed E-state index contributed by atoms with van der Waals surface area (Å²) in [6, 6.07) is 0. The highest BCUT2D eigenvalue weighted by Gasteiger charge is 2.46. The average Bonchev–Trinajstić information content (AvgIpc) is 2.61. The highest BCUT2D eigenvalue weighted by Crippen LogP contribution is 2.51. The van der Waals surface area contributed by atoms with Gasteiger partial charge in [-0.2, -0.15) is 0 Å². The van der Waals surface area contributed by atoms with Gasteiger partial charge in [-0.3, -0.25) is 4.79 Å². The van der Waals surface area contributed by atoms with Crippen LogP contribution in [-0.2, 0) is 9.53 Å². The van der Waals surface area contributed by atoms with E-state index in [1.54, 1.807) is 0 Å². The summed E-state index contributed by atoms with van der Waals surface area (Å²) in [7, 11) is 0. The van der Waals surface area contributed by atoms with Crippen molar-refractivity contribution < 1.29 is 9.53 Å². The van der Waals surface area contributed by atoms with Crippen molar-refractivity contribution in [2.45, 2.75) is 52.4 Å². The molecule has 1 spiro atoms.